The molecule has 0 aliphatic rings. The predicted molar refractivity (Wildman–Crippen MR) is 41.4 cm³/mol. The average Bonchev–Trinajstić information content (AvgIpc) is 2.16. The molecule has 0 atom stereocenters. The Morgan fingerprint density at radius 3 is 1.80 bits per heavy atom. The van der Waals surface area contributed by atoms with E-state index >= 15 is 0 Å². The molecule has 1 aromatic carbocycles. The molecule has 0 saturated heterocycles. The Morgan fingerprint density at radius 2 is 1.40 bits per heavy atom. The standard InChI is InChI=1S/C9H5F5O/c10-8(11,7(15)9(12,13)14)6-4-2-1-3-5-6/h1-5H. The number of ketones is 1. The van der Waals surface area contributed by atoms with E-state index in [-0.39, 0.29) is 0 Å². The van der Waals surface area contributed by atoms with E-state index in [2.05, 4.69) is 0 Å². The van der Waals surface area contributed by atoms with Gasteiger partial charge in [-0.2, -0.15) is 22.0 Å². The van der Waals surface area contributed by atoms with Gasteiger partial charge in [-0.05, 0) is 0 Å². The van der Waals surface area contributed by atoms with Crippen LogP contribution in [0.5, 0.6) is 0 Å². The Kier molecular flexibility index (Phi) is 2.79. The number of Topliss-reactive ketones (excluding diaryl/α,β-unsaturated/α-hetero) is 1. The lowest BCUT2D eigenvalue weighted by molar-refractivity contribution is -0.196. The predicted octanol–water partition coefficient (Wildman–Crippen LogP) is 2.91. The summed E-state index contributed by atoms with van der Waals surface area (Å²) in [7, 11) is 0. The number of hydrogen-bond acceptors (Lipinski definition) is 1. The van der Waals surface area contributed by atoms with Gasteiger partial charge in [-0.25, -0.2) is 0 Å². The molecule has 6 heteroatoms. The summed E-state index contributed by atoms with van der Waals surface area (Å²) in [5.41, 5.74) is -0.965. The van der Waals surface area contributed by atoms with Crippen molar-refractivity contribution in [2.24, 2.45) is 0 Å². The molecular weight excluding hydrogens is 219 g/mol. The Bertz CT molecular complexity index is 355. The molecule has 0 amide bonds. The molecule has 1 rings (SSSR count). The van der Waals surface area contributed by atoms with Crippen molar-refractivity contribution in [3.8, 4) is 0 Å². The van der Waals surface area contributed by atoms with Crippen molar-refractivity contribution < 1.29 is 26.7 Å². The van der Waals surface area contributed by atoms with Gasteiger partial charge in [-0.15, -0.1) is 0 Å². The van der Waals surface area contributed by atoms with Crippen LogP contribution < -0.4 is 0 Å². The van der Waals surface area contributed by atoms with Crippen molar-refractivity contribution in [1.82, 2.24) is 0 Å². The van der Waals surface area contributed by atoms with Crippen LogP contribution in [0.4, 0.5) is 22.0 Å². The molecular formula is C9H5F5O. The van der Waals surface area contributed by atoms with Crippen LogP contribution in [0, 0.1) is 0 Å². The van der Waals surface area contributed by atoms with Crippen LogP contribution in [0.3, 0.4) is 0 Å². The van der Waals surface area contributed by atoms with E-state index in [1.165, 1.54) is 6.07 Å². The van der Waals surface area contributed by atoms with E-state index in [1.807, 2.05) is 0 Å². The van der Waals surface area contributed by atoms with Crippen LogP contribution in [0.1, 0.15) is 5.56 Å². The fraction of sp³-hybridized carbons (Fsp3) is 0.222. The number of hydrogen-bond donors (Lipinski definition) is 0. The SMILES string of the molecule is O=C(C(F)(F)F)C(F)(F)c1ccccc1. The maximum atomic E-state index is 13.0. The Labute approximate surface area is 81.5 Å². The van der Waals surface area contributed by atoms with E-state index in [0.29, 0.717) is 0 Å². The molecule has 0 aromatic heterocycles. The van der Waals surface area contributed by atoms with Gasteiger partial charge in [-0.3, -0.25) is 4.79 Å². The minimum absolute atomic E-state index is 0.767. The van der Waals surface area contributed by atoms with Crippen molar-refractivity contribution in [2.45, 2.75) is 12.1 Å². The highest BCUT2D eigenvalue weighted by Gasteiger charge is 2.55. The highest BCUT2D eigenvalue weighted by Crippen LogP contribution is 2.35. The molecule has 0 bridgehead atoms. The molecule has 1 aromatic rings. The minimum atomic E-state index is -5.54. The van der Waals surface area contributed by atoms with Crippen molar-refractivity contribution in [3.05, 3.63) is 35.9 Å². The Hall–Kier alpha value is -1.46. The second-order valence-corrected chi connectivity index (χ2v) is 2.77. The topological polar surface area (TPSA) is 17.1 Å². The highest BCUT2D eigenvalue weighted by atomic mass is 19.4. The molecule has 0 heterocycles. The van der Waals surface area contributed by atoms with Gasteiger partial charge in [0.05, 0.1) is 0 Å². The first-order valence-corrected chi connectivity index (χ1v) is 3.81. The zero-order valence-corrected chi connectivity index (χ0v) is 7.18. The number of carbonyl (C=O) groups is 1. The molecule has 0 aliphatic carbocycles. The monoisotopic (exact) mass is 224 g/mol. The van der Waals surface area contributed by atoms with Crippen LogP contribution in [0.15, 0.2) is 30.3 Å². The van der Waals surface area contributed by atoms with Crippen molar-refractivity contribution in [3.63, 3.8) is 0 Å². The quantitative estimate of drug-likeness (QED) is 0.706. The third-order valence-corrected chi connectivity index (χ3v) is 1.68. The van der Waals surface area contributed by atoms with E-state index in [9.17, 15) is 26.7 Å². The van der Waals surface area contributed by atoms with Crippen molar-refractivity contribution in [1.29, 1.82) is 0 Å². The van der Waals surface area contributed by atoms with Gasteiger partial charge in [0.15, 0.2) is 0 Å². The Morgan fingerprint density at radius 1 is 0.933 bits per heavy atom. The van der Waals surface area contributed by atoms with Gasteiger partial charge in [0.1, 0.15) is 0 Å². The van der Waals surface area contributed by atoms with Gasteiger partial charge in [-0.1, -0.05) is 30.3 Å². The third kappa shape index (κ3) is 2.31. The van der Waals surface area contributed by atoms with Crippen LogP contribution in [0.2, 0.25) is 0 Å². The van der Waals surface area contributed by atoms with Crippen molar-refractivity contribution in [2.75, 3.05) is 0 Å². The second kappa shape index (κ2) is 3.60. The van der Waals surface area contributed by atoms with Gasteiger partial charge in [0, 0.05) is 5.56 Å². The van der Waals surface area contributed by atoms with E-state index in [4.69, 9.17) is 0 Å². The fourth-order valence-corrected chi connectivity index (χ4v) is 0.957. The first-order chi connectivity index (χ1) is 6.76. The average molecular weight is 224 g/mol. The molecule has 82 valence electrons. The lowest BCUT2D eigenvalue weighted by atomic mass is 10.0. The first-order valence-electron chi connectivity index (χ1n) is 3.81. The first kappa shape index (κ1) is 11.6. The zero-order chi connectivity index (χ0) is 11.7. The Balaban J connectivity index is 3.09. The van der Waals surface area contributed by atoms with E-state index in [0.717, 1.165) is 24.3 Å². The number of alkyl halides is 5. The molecule has 0 spiro atoms. The van der Waals surface area contributed by atoms with Crippen LogP contribution in [0.25, 0.3) is 0 Å². The molecule has 0 unspecified atom stereocenters. The lowest BCUT2D eigenvalue weighted by Gasteiger charge is -2.16. The second-order valence-electron chi connectivity index (χ2n) is 2.77. The largest absolute Gasteiger partial charge is 0.456 e. The summed E-state index contributed by atoms with van der Waals surface area (Å²) in [5, 5.41) is 0. The van der Waals surface area contributed by atoms with Crippen molar-refractivity contribution >= 4 is 5.78 Å². The number of carbonyl (C=O) groups excluding carboxylic acids is 1. The smallest absolute Gasteiger partial charge is 0.282 e. The fourth-order valence-electron chi connectivity index (χ4n) is 0.957. The van der Waals surface area contributed by atoms with Gasteiger partial charge in [0.2, 0.25) is 0 Å². The zero-order valence-electron chi connectivity index (χ0n) is 7.18. The summed E-state index contributed by atoms with van der Waals surface area (Å²) < 4.78 is 61.4. The number of halogens is 5. The molecule has 0 aliphatic heterocycles. The summed E-state index contributed by atoms with van der Waals surface area (Å²) in [6.45, 7) is 0. The van der Waals surface area contributed by atoms with E-state index in [1.54, 1.807) is 0 Å². The van der Waals surface area contributed by atoms with Crippen LogP contribution in [-0.2, 0) is 10.7 Å². The highest BCUT2D eigenvalue weighted by molar-refractivity contribution is 5.91. The van der Waals surface area contributed by atoms with Gasteiger partial charge < -0.3 is 0 Å². The summed E-state index contributed by atoms with van der Waals surface area (Å²) in [6, 6.07) is 5.16. The molecule has 0 fully saturated rings. The summed E-state index contributed by atoms with van der Waals surface area (Å²) in [6.07, 6.45) is -5.54. The van der Waals surface area contributed by atoms with Gasteiger partial charge >= 0.3 is 17.9 Å². The molecule has 0 saturated carbocycles. The maximum Gasteiger partial charge on any atom is 0.456 e. The third-order valence-electron chi connectivity index (χ3n) is 1.68. The molecule has 15 heavy (non-hydrogen) atoms. The lowest BCUT2D eigenvalue weighted by Crippen LogP contribution is -2.37. The molecule has 0 radical (unpaired) electrons. The summed E-state index contributed by atoms with van der Waals surface area (Å²) >= 11 is 0. The normalized spacial score (nSPS) is 12.6. The van der Waals surface area contributed by atoms with Gasteiger partial charge in [0.25, 0.3) is 0 Å². The van der Waals surface area contributed by atoms with Crippen LogP contribution in [-0.4, -0.2) is 12.0 Å². The van der Waals surface area contributed by atoms with E-state index < -0.39 is 23.4 Å². The number of rotatable bonds is 2. The van der Waals surface area contributed by atoms with Crippen LogP contribution >= 0.6 is 0 Å². The number of benzene rings is 1. The maximum absolute atomic E-state index is 13.0. The molecule has 1 nitrogen and oxygen atoms in total. The minimum Gasteiger partial charge on any atom is -0.282 e. The summed E-state index contributed by atoms with van der Waals surface area (Å²) in [5.74, 6) is -7.58. The molecule has 0 N–H and O–H groups in total. The summed E-state index contributed by atoms with van der Waals surface area (Å²) in [4.78, 5) is 10.4.